The van der Waals surface area contributed by atoms with E-state index in [2.05, 4.69) is 5.32 Å². The minimum Gasteiger partial charge on any atom is -0.354 e. The summed E-state index contributed by atoms with van der Waals surface area (Å²) in [7, 11) is -3.32. The zero-order chi connectivity index (χ0) is 16.9. The van der Waals surface area contributed by atoms with Gasteiger partial charge in [-0.05, 0) is 30.5 Å². The number of carbonyl (C=O) groups is 1. The van der Waals surface area contributed by atoms with Gasteiger partial charge in [-0.2, -0.15) is 0 Å². The molecular formula is C17H24FNO3S. The molecule has 1 saturated carbocycles. The maximum absolute atomic E-state index is 13.2. The highest BCUT2D eigenvalue weighted by Crippen LogP contribution is 2.39. The molecule has 0 bridgehead atoms. The van der Waals surface area contributed by atoms with Crippen molar-refractivity contribution in [2.24, 2.45) is 0 Å². The number of sulfone groups is 1. The SMILES string of the molecule is CCS(=O)(=O)CC(=O)NCC1(c2ccc(F)cc2)CCCCC1. The lowest BCUT2D eigenvalue weighted by Gasteiger charge is -2.38. The predicted molar refractivity (Wildman–Crippen MR) is 88.5 cm³/mol. The molecule has 23 heavy (non-hydrogen) atoms. The fourth-order valence-corrected chi connectivity index (χ4v) is 3.93. The molecule has 128 valence electrons. The van der Waals surface area contributed by atoms with Gasteiger partial charge in [0.15, 0.2) is 9.84 Å². The first-order chi connectivity index (χ1) is 10.9. The number of hydrogen-bond acceptors (Lipinski definition) is 3. The monoisotopic (exact) mass is 341 g/mol. The first-order valence-corrected chi connectivity index (χ1v) is 9.92. The number of benzene rings is 1. The third-order valence-corrected chi connectivity index (χ3v) is 6.26. The highest BCUT2D eigenvalue weighted by molar-refractivity contribution is 7.92. The van der Waals surface area contributed by atoms with Gasteiger partial charge in [0.2, 0.25) is 5.91 Å². The summed E-state index contributed by atoms with van der Waals surface area (Å²) < 4.78 is 36.3. The van der Waals surface area contributed by atoms with Crippen LogP contribution in [0.25, 0.3) is 0 Å². The molecule has 1 aromatic rings. The number of hydrogen-bond donors (Lipinski definition) is 1. The summed E-state index contributed by atoms with van der Waals surface area (Å²) in [6.07, 6.45) is 5.10. The van der Waals surface area contributed by atoms with Crippen molar-refractivity contribution in [3.8, 4) is 0 Å². The third-order valence-electron chi connectivity index (χ3n) is 4.68. The van der Waals surface area contributed by atoms with E-state index in [0.29, 0.717) is 6.54 Å². The Morgan fingerprint density at radius 3 is 2.35 bits per heavy atom. The van der Waals surface area contributed by atoms with Gasteiger partial charge < -0.3 is 5.32 Å². The van der Waals surface area contributed by atoms with E-state index in [-0.39, 0.29) is 17.0 Å². The maximum atomic E-state index is 13.2. The molecular weight excluding hydrogens is 317 g/mol. The average molecular weight is 341 g/mol. The Labute approximate surface area is 137 Å². The van der Waals surface area contributed by atoms with E-state index in [1.54, 1.807) is 12.1 Å². The Kier molecular flexibility index (Phi) is 5.79. The van der Waals surface area contributed by atoms with Gasteiger partial charge in [-0.3, -0.25) is 4.79 Å². The number of rotatable bonds is 6. The maximum Gasteiger partial charge on any atom is 0.235 e. The van der Waals surface area contributed by atoms with Crippen LogP contribution in [0, 0.1) is 5.82 Å². The van der Waals surface area contributed by atoms with Crippen LogP contribution in [-0.2, 0) is 20.0 Å². The molecule has 1 aliphatic carbocycles. The summed E-state index contributed by atoms with van der Waals surface area (Å²) in [5.74, 6) is -1.25. The molecule has 1 aliphatic rings. The lowest BCUT2D eigenvalue weighted by atomic mass is 9.69. The zero-order valence-corrected chi connectivity index (χ0v) is 14.3. The second kappa shape index (κ2) is 7.43. The molecule has 2 rings (SSSR count). The molecule has 1 amide bonds. The Morgan fingerprint density at radius 2 is 1.78 bits per heavy atom. The zero-order valence-electron chi connectivity index (χ0n) is 13.5. The summed E-state index contributed by atoms with van der Waals surface area (Å²) in [6, 6.07) is 6.43. The summed E-state index contributed by atoms with van der Waals surface area (Å²) in [5, 5.41) is 2.78. The molecule has 0 heterocycles. The van der Waals surface area contributed by atoms with Crippen molar-refractivity contribution in [1.82, 2.24) is 5.32 Å². The number of amides is 1. The first-order valence-electron chi connectivity index (χ1n) is 8.10. The van der Waals surface area contributed by atoms with E-state index in [1.807, 2.05) is 0 Å². The molecule has 1 fully saturated rings. The fraction of sp³-hybridized carbons (Fsp3) is 0.588. The molecule has 0 aromatic heterocycles. The van der Waals surface area contributed by atoms with Crippen molar-refractivity contribution >= 4 is 15.7 Å². The van der Waals surface area contributed by atoms with E-state index in [0.717, 1.165) is 37.7 Å². The summed E-state index contributed by atoms with van der Waals surface area (Å²) in [4.78, 5) is 11.9. The van der Waals surface area contributed by atoms with E-state index < -0.39 is 21.5 Å². The minimum atomic E-state index is -3.32. The molecule has 1 N–H and O–H groups in total. The van der Waals surface area contributed by atoms with Crippen LogP contribution in [0.3, 0.4) is 0 Å². The minimum absolute atomic E-state index is 0.0382. The largest absolute Gasteiger partial charge is 0.354 e. The van der Waals surface area contributed by atoms with Crippen LogP contribution in [0.2, 0.25) is 0 Å². The topological polar surface area (TPSA) is 63.2 Å². The molecule has 0 atom stereocenters. The smallest absolute Gasteiger partial charge is 0.235 e. The van der Waals surface area contributed by atoms with Crippen molar-refractivity contribution in [2.75, 3.05) is 18.1 Å². The van der Waals surface area contributed by atoms with E-state index in [1.165, 1.54) is 19.1 Å². The quantitative estimate of drug-likeness (QED) is 0.865. The van der Waals surface area contributed by atoms with Gasteiger partial charge in [0.1, 0.15) is 11.6 Å². The number of halogens is 1. The van der Waals surface area contributed by atoms with Crippen molar-refractivity contribution in [2.45, 2.75) is 44.4 Å². The van der Waals surface area contributed by atoms with E-state index >= 15 is 0 Å². The second-order valence-electron chi connectivity index (χ2n) is 6.30. The molecule has 0 saturated heterocycles. The highest BCUT2D eigenvalue weighted by atomic mass is 32.2. The number of nitrogens with one attached hydrogen (secondary N) is 1. The van der Waals surface area contributed by atoms with Crippen LogP contribution in [0.15, 0.2) is 24.3 Å². The van der Waals surface area contributed by atoms with Crippen LogP contribution in [-0.4, -0.2) is 32.4 Å². The third kappa shape index (κ3) is 4.77. The second-order valence-corrected chi connectivity index (χ2v) is 8.65. The number of carbonyl (C=O) groups excluding carboxylic acids is 1. The Hall–Kier alpha value is -1.43. The molecule has 1 aromatic carbocycles. The average Bonchev–Trinajstić information content (AvgIpc) is 2.54. The molecule has 0 spiro atoms. The molecule has 4 nitrogen and oxygen atoms in total. The van der Waals surface area contributed by atoms with Gasteiger partial charge in [-0.15, -0.1) is 0 Å². The van der Waals surface area contributed by atoms with Crippen LogP contribution in [0.4, 0.5) is 4.39 Å². The lowest BCUT2D eigenvalue weighted by molar-refractivity contribution is -0.119. The summed E-state index contributed by atoms with van der Waals surface area (Å²) in [5.41, 5.74) is 0.787. The highest BCUT2D eigenvalue weighted by Gasteiger charge is 2.34. The first kappa shape index (κ1) is 17.9. The van der Waals surface area contributed by atoms with Gasteiger partial charge in [-0.25, -0.2) is 12.8 Å². The van der Waals surface area contributed by atoms with Crippen LogP contribution in [0.1, 0.15) is 44.6 Å². The van der Waals surface area contributed by atoms with Crippen LogP contribution >= 0.6 is 0 Å². The Morgan fingerprint density at radius 1 is 1.17 bits per heavy atom. The standard InChI is InChI=1S/C17H24FNO3S/c1-2-23(21,22)12-16(20)19-13-17(10-4-3-5-11-17)14-6-8-15(18)9-7-14/h6-9H,2-5,10-13H2,1H3,(H,19,20). The van der Waals surface area contributed by atoms with Crippen molar-refractivity contribution in [3.05, 3.63) is 35.6 Å². The van der Waals surface area contributed by atoms with Crippen molar-refractivity contribution < 1.29 is 17.6 Å². The van der Waals surface area contributed by atoms with E-state index in [4.69, 9.17) is 0 Å². The van der Waals surface area contributed by atoms with Crippen LogP contribution < -0.4 is 5.32 Å². The fourth-order valence-electron chi connectivity index (χ4n) is 3.22. The lowest BCUT2D eigenvalue weighted by Crippen LogP contribution is -2.44. The normalized spacial score (nSPS) is 17.7. The summed E-state index contributed by atoms with van der Waals surface area (Å²) in [6.45, 7) is 1.93. The van der Waals surface area contributed by atoms with E-state index in [9.17, 15) is 17.6 Å². The van der Waals surface area contributed by atoms with Crippen molar-refractivity contribution in [3.63, 3.8) is 0 Å². The Balaban J connectivity index is 2.10. The van der Waals surface area contributed by atoms with Crippen molar-refractivity contribution in [1.29, 1.82) is 0 Å². The van der Waals surface area contributed by atoms with Gasteiger partial charge in [-0.1, -0.05) is 38.3 Å². The van der Waals surface area contributed by atoms with Gasteiger partial charge in [0.25, 0.3) is 0 Å². The van der Waals surface area contributed by atoms with Crippen LogP contribution in [0.5, 0.6) is 0 Å². The molecule has 6 heteroatoms. The Bertz CT molecular complexity index is 634. The molecule has 0 unspecified atom stereocenters. The molecule has 0 aliphatic heterocycles. The van der Waals surface area contributed by atoms with Gasteiger partial charge >= 0.3 is 0 Å². The van der Waals surface area contributed by atoms with Gasteiger partial charge in [0.05, 0.1) is 0 Å². The molecule has 0 radical (unpaired) electrons. The summed E-state index contributed by atoms with van der Waals surface area (Å²) >= 11 is 0. The predicted octanol–water partition coefficient (Wildman–Crippen LogP) is 2.58. The van der Waals surface area contributed by atoms with Gasteiger partial charge in [0, 0.05) is 17.7 Å².